The van der Waals surface area contributed by atoms with Crippen LogP contribution in [0, 0.1) is 0 Å². The summed E-state index contributed by atoms with van der Waals surface area (Å²) in [5, 5.41) is 8.83. The van der Waals surface area contributed by atoms with Crippen LogP contribution in [0.5, 0.6) is 0 Å². The van der Waals surface area contributed by atoms with Crippen molar-refractivity contribution in [3.63, 3.8) is 0 Å². The van der Waals surface area contributed by atoms with Crippen molar-refractivity contribution in [2.45, 2.75) is 50.5 Å². The summed E-state index contributed by atoms with van der Waals surface area (Å²) in [6.07, 6.45) is 1.84. The average Bonchev–Trinajstić information content (AvgIpc) is 3.25. The van der Waals surface area contributed by atoms with E-state index < -0.39 is 17.6 Å². The Kier molecular flexibility index (Phi) is 7.60. The van der Waals surface area contributed by atoms with E-state index in [0.29, 0.717) is 11.7 Å². The number of thioether (sulfide) groups is 1. The molecule has 1 amide bonds. The zero-order chi connectivity index (χ0) is 24.1. The summed E-state index contributed by atoms with van der Waals surface area (Å²) in [4.78, 5) is 24.2. The first-order valence-electron chi connectivity index (χ1n) is 11.4. The van der Waals surface area contributed by atoms with Gasteiger partial charge in [-0.2, -0.15) is 18.3 Å². The fraction of sp³-hybridized carbons (Fsp3) is 0.478. The van der Waals surface area contributed by atoms with Gasteiger partial charge in [0.15, 0.2) is 10.8 Å². The van der Waals surface area contributed by atoms with Gasteiger partial charge in [-0.3, -0.25) is 4.79 Å². The van der Waals surface area contributed by atoms with Crippen molar-refractivity contribution in [1.82, 2.24) is 25.1 Å². The van der Waals surface area contributed by atoms with Gasteiger partial charge < -0.3 is 10.2 Å². The topological polar surface area (TPSA) is 75.9 Å². The van der Waals surface area contributed by atoms with Gasteiger partial charge in [0.1, 0.15) is 5.82 Å². The van der Waals surface area contributed by atoms with Crippen LogP contribution in [0.2, 0.25) is 0 Å². The number of hydrogen-bond acceptors (Lipinski definition) is 6. The van der Waals surface area contributed by atoms with E-state index in [1.807, 2.05) is 0 Å². The van der Waals surface area contributed by atoms with Gasteiger partial charge in [0.2, 0.25) is 0 Å². The van der Waals surface area contributed by atoms with E-state index in [0.717, 1.165) is 67.1 Å². The summed E-state index contributed by atoms with van der Waals surface area (Å²) >= 11 is 1.61. The Labute approximate surface area is 200 Å². The largest absolute Gasteiger partial charge is 0.416 e. The lowest BCUT2D eigenvalue weighted by Gasteiger charge is -2.28. The first-order valence-corrected chi connectivity index (χ1v) is 12.4. The maximum Gasteiger partial charge on any atom is 0.416 e. The number of rotatable bonds is 8. The number of alkyl halides is 3. The number of anilines is 1. The SMILES string of the molecule is CCCSc1nc(N2CCCCC2)c2cnn(CCNC(=O)c3ccc(C(F)(F)F)cc3)c2n1. The normalized spacial score (nSPS) is 14.5. The molecule has 182 valence electrons. The van der Waals surface area contributed by atoms with Crippen LogP contribution in [0.25, 0.3) is 11.0 Å². The summed E-state index contributed by atoms with van der Waals surface area (Å²) in [5.74, 6) is 1.39. The number of piperidine rings is 1. The van der Waals surface area contributed by atoms with Gasteiger partial charge in [-0.1, -0.05) is 18.7 Å². The van der Waals surface area contributed by atoms with Crippen LogP contribution in [0.3, 0.4) is 0 Å². The number of fused-ring (bicyclic) bond motifs is 1. The fourth-order valence-corrected chi connectivity index (χ4v) is 4.57. The third-order valence-corrected chi connectivity index (χ3v) is 6.68. The molecular weight excluding hydrogens is 465 g/mol. The smallest absolute Gasteiger partial charge is 0.356 e. The second-order valence-electron chi connectivity index (χ2n) is 8.16. The molecule has 1 aromatic carbocycles. The number of aromatic nitrogens is 4. The highest BCUT2D eigenvalue weighted by Gasteiger charge is 2.30. The van der Waals surface area contributed by atoms with Gasteiger partial charge in [-0.15, -0.1) is 0 Å². The van der Waals surface area contributed by atoms with Crippen LogP contribution < -0.4 is 10.2 Å². The first kappa shape index (κ1) is 24.3. The summed E-state index contributed by atoms with van der Waals surface area (Å²) in [5.41, 5.74) is 0.109. The standard InChI is InChI=1S/C23H27F3N6OS/c1-2-14-34-22-29-19(31-11-4-3-5-12-31)18-15-28-32(20(18)30-22)13-10-27-21(33)16-6-8-17(9-7-16)23(24,25)26/h6-9,15H,2-5,10-14H2,1H3,(H,27,33). The molecule has 4 rings (SSSR count). The van der Waals surface area contributed by atoms with Crippen LogP contribution in [0.15, 0.2) is 35.6 Å². The van der Waals surface area contributed by atoms with Crippen LogP contribution in [0.1, 0.15) is 48.5 Å². The van der Waals surface area contributed by atoms with Crippen molar-refractivity contribution in [1.29, 1.82) is 0 Å². The number of benzene rings is 1. The molecule has 7 nitrogen and oxygen atoms in total. The molecule has 2 aromatic heterocycles. The van der Waals surface area contributed by atoms with Gasteiger partial charge in [0.05, 0.1) is 23.7 Å². The van der Waals surface area contributed by atoms with Gasteiger partial charge in [-0.25, -0.2) is 14.6 Å². The number of amides is 1. The van der Waals surface area contributed by atoms with Gasteiger partial charge in [-0.05, 0) is 49.9 Å². The van der Waals surface area contributed by atoms with Crippen molar-refractivity contribution in [2.24, 2.45) is 0 Å². The molecule has 1 N–H and O–H groups in total. The lowest BCUT2D eigenvalue weighted by molar-refractivity contribution is -0.137. The highest BCUT2D eigenvalue weighted by atomic mass is 32.2. The molecule has 1 aliphatic heterocycles. The molecule has 3 aromatic rings. The van der Waals surface area contributed by atoms with Crippen LogP contribution in [0.4, 0.5) is 19.0 Å². The quantitative estimate of drug-likeness (QED) is 0.361. The van der Waals surface area contributed by atoms with Gasteiger partial charge >= 0.3 is 6.18 Å². The molecule has 3 heterocycles. The van der Waals surface area contributed by atoms with Gasteiger partial charge in [0, 0.05) is 31.0 Å². The van der Waals surface area contributed by atoms with Crippen LogP contribution in [-0.2, 0) is 12.7 Å². The Balaban J connectivity index is 1.47. The molecule has 0 radical (unpaired) electrons. The van der Waals surface area contributed by atoms with Crippen LogP contribution in [-0.4, -0.2) is 51.0 Å². The molecule has 1 saturated heterocycles. The minimum absolute atomic E-state index is 0.172. The molecule has 11 heteroatoms. The number of hydrogen-bond donors (Lipinski definition) is 1. The molecule has 0 spiro atoms. The molecule has 0 saturated carbocycles. The minimum Gasteiger partial charge on any atom is -0.356 e. The van der Waals surface area contributed by atoms with Crippen molar-refractivity contribution >= 4 is 34.5 Å². The van der Waals surface area contributed by atoms with E-state index in [9.17, 15) is 18.0 Å². The Morgan fingerprint density at radius 3 is 2.53 bits per heavy atom. The predicted molar refractivity (Wildman–Crippen MR) is 126 cm³/mol. The Morgan fingerprint density at radius 1 is 1.12 bits per heavy atom. The molecule has 34 heavy (non-hydrogen) atoms. The predicted octanol–water partition coefficient (Wildman–Crippen LogP) is 4.77. The Morgan fingerprint density at radius 2 is 1.85 bits per heavy atom. The highest BCUT2D eigenvalue weighted by molar-refractivity contribution is 7.99. The summed E-state index contributed by atoms with van der Waals surface area (Å²) in [6, 6.07) is 4.17. The lowest BCUT2D eigenvalue weighted by atomic mass is 10.1. The van der Waals surface area contributed by atoms with E-state index in [2.05, 4.69) is 22.2 Å². The monoisotopic (exact) mass is 492 g/mol. The molecule has 1 aliphatic rings. The number of nitrogens with zero attached hydrogens (tertiary/aromatic N) is 5. The number of carbonyl (C=O) groups is 1. The van der Waals surface area contributed by atoms with E-state index in [1.165, 1.54) is 18.6 Å². The lowest BCUT2D eigenvalue weighted by Crippen LogP contribution is -2.30. The third-order valence-electron chi connectivity index (χ3n) is 5.63. The zero-order valence-corrected chi connectivity index (χ0v) is 19.8. The molecule has 0 unspecified atom stereocenters. The van der Waals surface area contributed by atoms with Crippen LogP contribution >= 0.6 is 11.8 Å². The fourth-order valence-electron chi connectivity index (χ4n) is 3.88. The summed E-state index contributed by atoms with van der Waals surface area (Å²) in [6.45, 7) is 4.67. The van der Waals surface area contributed by atoms with Crippen molar-refractivity contribution in [3.8, 4) is 0 Å². The molecular formula is C23H27F3N6OS. The second kappa shape index (κ2) is 10.6. The van der Waals surface area contributed by atoms with Crippen molar-refractivity contribution in [2.75, 3.05) is 30.3 Å². The Bertz CT molecular complexity index is 1130. The van der Waals surface area contributed by atoms with E-state index in [4.69, 9.17) is 9.97 Å². The van der Waals surface area contributed by atoms with Gasteiger partial charge in [0.25, 0.3) is 5.91 Å². The molecule has 0 aliphatic carbocycles. The van der Waals surface area contributed by atoms with E-state index in [1.54, 1.807) is 22.6 Å². The third kappa shape index (κ3) is 5.63. The Hall–Kier alpha value is -2.82. The van der Waals surface area contributed by atoms with Crippen molar-refractivity contribution in [3.05, 3.63) is 41.6 Å². The number of halogens is 3. The minimum atomic E-state index is -4.43. The molecule has 1 fully saturated rings. The average molecular weight is 493 g/mol. The summed E-state index contributed by atoms with van der Waals surface area (Å²) < 4.78 is 39.9. The second-order valence-corrected chi connectivity index (χ2v) is 9.22. The van der Waals surface area contributed by atoms with E-state index in [-0.39, 0.29) is 12.1 Å². The number of carbonyl (C=O) groups excluding carboxylic acids is 1. The maximum atomic E-state index is 12.7. The first-order chi connectivity index (χ1) is 16.4. The summed E-state index contributed by atoms with van der Waals surface area (Å²) in [7, 11) is 0. The van der Waals surface area contributed by atoms with E-state index >= 15 is 0 Å². The highest BCUT2D eigenvalue weighted by Crippen LogP contribution is 2.30. The zero-order valence-electron chi connectivity index (χ0n) is 18.9. The maximum absolute atomic E-state index is 12.7. The molecule has 0 atom stereocenters. The number of nitrogens with one attached hydrogen (secondary N) is 1. The van der Waals surface area contributed by atoms with Crippen molar-refractivity contribution < 1.29 is 18.0 Å². The molecule has 0 bridgehead atoms.